The quantitative estimate of drug-likeness (QED) is 0.723. The highest BCUT2D eigenvalue weighted by Crippen LogP contribution is 2.40. The first-order valence-electron chi connectivity index (χ1n) is 8.74. The van der Waals surface area contributed by atoms with Gasteiger partial charge in [-0.25, -0.2) is 4.79 Å². The summed E-state index contributed by atoms with van der Waals surface area (Å²) in [6.45, 7) is 2.86. The van der Waals surface area contributed by atoms with Crippen molar-refractivity contribution >= 4 is 6.09 Å². The second-order valence-electron chi connectivity index (χ2n) is 6.78. The number of aryl methyl sites for hydroxylation is 1. The molecule has 1 amide bonds. The molecule has 0 aliphatic heterocycles. The zero-order valence-corrected chi connectivity index (χ0v) is 14.1. The van der Waals surface area contributed by atoms with Crippen molar-refractivity contribution < 1.29 is 9.53 Å². The van der Waals surface area contributed by atoms with Crippen molar-refractivity contribution in [3.63, 3.8) is 0 Å². The largest absolute Gasteiger partial charge is 0.453 e. The number of carbonyl (C=O) groups is 1. The normalized spacial score (nSPS) is 18.5. The van der Waals surface area contributed by atoms with Crippen LogP contribution in [0, 0.1) is 0 Å². The maximum absolute atomic E-state index is 11.1. The van der Waals surface area contributed by atoms with Gasteiger partial charge in [0.15, 0.2) is 0 Å². The minimum Gasteiger partial charge on any atom is -0.453 e. The van der Waals surface area contributed by atoms with E-state index in [9.17, 15) is 4.79 Å². The Hall–Kier alpha value is -1.62. The zero-order chi connectivity index (χ0) is 16.2. The monoisotopic (exact) mass is 317 g/mol. The number of rotatable bonds is 8. The van der Waals surface area contributed by atoms with E-state index < -0.39 is 0 Å². The molecule has 126 valence electrons. The van der Waals surface area contributed by atoms with Crippen LogP contribution in [0.25, 0.3) is 0 Å². The molecule has 1 heterocycles. The maximum Gasteiger partial charge on any atom is 0.406 e. The molecule has 23 heavy (non-hydrogen) atoms. The SMILES string of the molecule is COC(=O)NCCCc1cc(C(C)NC2CC2)cc(C2CC2)n1. The molecule has 2 aliphatic rings. The molecular formula is C18H27N3O2. The van der Waals surface area contributed by atoms with Gasteiger partial charge in [0.25, 0.3) is 0 Å². The Balaban J connectivity index is 1.61. The Labute approximate surface area is 138 Å². The first-order chi connectivity index (χ1) is 11.2. The predicted molar refractivity (Wildman–Crippen MR) is 89.5 cm³/mol. The van der Waals surface area contributed by atoms with Crippen LogP contribution < -0.4 is 10.6 Å². The minimum atomic E-state index is -0.368. The Kier molecular flexibility index (Phi) is 5.16. The Morgan fingerprint density at radius 1 is 1.35 bits per heavy atom. The van der Waals surface area contributed by atoms with Crippen molar-refractivity contribution in [1.82, 2.24) is 15.6 Å². The van der Waals surface area contributed by atoms with Crippen molar-refractivity contribution in [2.24, 2.45) is 0 Å². The number of nitrogens with one attached hydrogen (secondary N) is 2. The van der Waals surface area contributed by atoms with Gasteiger partial charge in [-0.1, -0.05) is 0 Å². The number of hydrogen-bond donors (Lipinski definition) is 2. The van der Waals surface area contributed by atoms with Crippen molar-refractivity contribution in [3.05, 3.63) is 29.1 Å². The molecule has 5 heteroatoms. The number of methoxy groups -OCH3 is 1. The van der Waals surface area contributed by atoms with Gasteiger partial charge < -0.3 is 15.4 Å². The van der Waals surface area contributed by atoms with Crippen LogP contribution in [-0.4, -0.2) is 30.8 Å². The first-order valence-corrected chi connectivity index (χ1v) is 8.74. The van der Waals surface area contributed by atoms with Gasteiger partial charge >= 0.3 is 6.09 Å². The fourth-order valence-corrected chi connectivity index (χ4v) is 2.83. The summed E-state index contributed by atoms with van der Waals surface area (Å²) in [6.07, 6.45) is 6.53. The number of amides is 1. The summed E-state index contributed by atoms with van der Waals surface area (Å²) < 4.78 is 4.58. The smallest absolute Gasteiger partial charge is 0.406 e. The topological polar surface area (TPSA) is 63.2 Å². The van der Waals surface area contributed by atoms with Gasteiger partial charge in [-0.3, -0.25) is 4.98 Å². The van der Waals surface area contributed by atoms with E-state index in [2.05, 4.69) is 34.4 Å². The molecule has 2 aliphatic carbocycles. The second kappa shape index (κ2) is 7.30. The molecule has 1 atom stereocenters. The van der Waals surface area contributed by atoms with E-state index in [0.29, 0.717) is 24.5 Å². The third-order valence-corrected chi connectivity index (χ3v) is 4.54. The van der Waals surface area contributed by atoms with Crippen LogP contribution in [0.2, 0.25) is 0 Å². The Bertz CT molecular complexity index is 553. The van der Waals surface area contributed by atoms with Crippen LogP contribution in [0.15, 0.2) is 12.1 Å². The maximum atomic E-state index is 11.1. The number of pyridine rings is 1. The zero-order valence-electron chi connectivity index (χ0n) is 14.1. The van der Waals surface area contributed by atoms with Crippen LogP contribution in [-0.2, 0) is 11.2 Å². The lowest BCUT2D eigenvalue weighted by Gasteiger charge is -2.16. The van der Waals surface area contributed by atoms with Crippen LogP contribution in [0.5, 0.6) is 0 Å². The highest BCUT2D eigenvalue weighted by atomic mass is 16.5. The predicted octanol–water partition coefficient (Wildman–Crippen LogP) is 3.06. The van der Waals surface area contributed by atoms with Crippen LogP contribution in [0.3, 0.4) is 0 Å². The van der Waals surface area contributed by atoms with Crippen LogP contribution >= 0.6 is 0 Å². The van der Waals surface area contributed by atoms with Crippen LogP contribution in [0.1, 0.15) is 67.9 Å². The highest BCUT2D eigenvalue weighted by molar-refractivity contribution is 5.66. The molecule has 0 aromatic carbocycles. The molecule has 2 saturated carbocycles. The lowest BCUT2D eigenvalue weighted by Crippen LogP contribution is -2.24. The number of ether oxygens (including phenoxy) is 1. The van der Waals surface area contributed by atoms with E-state index in [1.165, 1.54) is 44.1 Å². The van der Waals surface area contributed by atoms with Gasteiger partial charge in [-0.2, -0.15) is 0 Å². The minimum absolute atomic E-state index is 0.368. The van der Waals surface area contributed by atoms with E-state index in [1.807, 2.05) is 0 Å². The molecule has 0 bridgehead atoms. The van der Waals surface area contributed by atoms with Crippen LogP contribution in [0.4, 0.5) is 4.79 Å². The third kappa shape index (κ3) is 4.93. The first kappa shape index (κ1) is 16.2. The fourth-order valence-electron chi connectivity index (χ4n) is 2.83. The molecule has 3 rings (SSSR count). The molecule has 1 unspecified atom stereocenters. The van der Waals surface area contributed by atoms with E-state index in [0.717, 1.165) is 18.5 Å². The lowest BCUT2D eigenvalue weighted by atomic mass is 10.0. The van der Waals surface area contributed by atoms with Crippen molar-refractivity contribution in [3.8, 4) is 0 Å². The summed E-state index contributed by atoms with van der Waals surface area (Å²) in [6, 6.07) is 5.60. The summed E-state index contributed by atoms with van der Waals surface area (Å²) >= 11 is 0. The highest BCUT2D eigenvalue weighted by Gasteiger charge is 2.27. The van der Waals surface area contributed by atoms with Gasteiger partial charge in [0.1, 0.15) is 0 Å². The molecule has 1 aromatic rings. The number of alkyl carbamates (subject to hydrolysis) is 1. The molecular weight excluding hydrogens is 290 g/mol. The number of nitrogens with zero attached hydrogens (tertiary/aromatic N) is 1. The van der Waals surface area contributed by atoms with Gasteiger partial charge in [0.2, 0.25) is 0 Å². The second-order valence-corrected chi connectivity index (χ2v) is 6.78. The van der Waals surface area contributed by atoms with E-state index in [1.54, 1.807) is 0 Å². The van der Waals surface area contributed by atoms with E-state index >= 15 is 0 Å². The number of aromatic nitrogens is 1. The lowest BCUT2D eigenvalue weighted by molar-refractivity contribution is 0.171. The molecule has 2 fully saturated rings. The van der Waals surface area contributed by atoms with Crippen molar-refractivity contribution in [2.75, 3.05) is 13.7 Å². The van der Waals surface area contributed by atoms with E-state index in [4.69, 9.17) is 4.98 Å². The fraction of sp³-hybridized carbons (Fsp3) is 0.667. The molecule has 5 nitrogen and oxygen atoms in total. The average molecular weight is 317 g/mol. The average Bonchev–Trinajstić information content (AvgIpc) is 3.44. The van der Waals surface area contributed by atoms with Crippen molar-refractivity contribution in [1.29, 1.82) is 0 Å². The molecule has 0 saturated heterocycles. The summed E-state index contributed by atoms with van der Waals surface area (Å²) in [4.78, 5) is 15.9. The van der Waals surface area contributed by atoms with Gasteiger partial charge in [0, 0.05) is 35.9 Å². The standard InChI is InChI=1S/C18H27N3O2/c1-12(20-15-7-8-15)14-10-16(4-3-9-19-18(22)23-2)21-17(11-14)13-5-6-13/h10-13,15,20H,3-9H2,1-2H3,(H,19,22). The molecule has 0 spiro atoms. The van der Waals surface area contributed by atoms with E-state index in [-0.39, 0.29) is 6.09 Å². The molecule has 2 N–H and O–H groups in total. The number of hydrogen-bond acceptors (Lipinski definition) is 4. The molecule has 0 radical (unpaired) electrons. The summed E-state index contributed by atoms with van der Waals surface area (Å²) in [7, 11) is 1.39. The molecule has 1 aromatic heterocycles. The summed E-state index contributed by atoms with van der Waals surface area (Å²) in [5.41, 5.74) is 3.74. The Morgan fingerprint density at radius 3 is 2.78 bits per heavy atom. The van der Waals surface area contributed by atoms with Crippen molar-refractivity contribution in [2.45, 2.75) is 63.5 Å². The summed E-state index contributed by atoms with van der Waals surface area (Å²) in [5, 5.41) is 6.40. The number of carbonyl (C=O) groups excluding carboxylic acids is 1. The Morgan fingerprint density at radius 2 is 2.13 bits per heavy atom. The third-order valence-electron chi connectivity index (χ3n) is 4.54. The van der Waals surface area contributed by atoms with Gasteiger partial charge in [0.05, 0.1) is 7.11 Å². The van der Waals surface area contributed by atoms with Gasteiger partial charge in [-0.05, 0) is 63.1 Å². The summed E-state index contributed by atoms with van der Waals surface area (Å²) in [5.74, 6) is 0.662. The van der Waals surface area contributed by atoms with Gasteiger partial charge in [-0.15, -0.1) is 0 Å².